The minimum Gasteiger partial charge on any atom is -0.507 e. The summed E-state index contributed by atoms with van der Waals surface area (Å²) >= 11 is 0. The van der Waals surface area contributed by atoms with Crippen LogP contribution in [-0.2, 0) is 0 Å². The summed E-state index contributed by atoms with van der Waals surface area (Å²) in [7, 11) is 1.61. The van der Waals surface area contributed by atoms with Gasteiger partial charge in [0.1, 0.15) is 11.5 Å². The predicted octanol–water partition coefficient (Wildman–Crippen LogP) is 2.65. The van der Waals surface area contributed by atoms with Crippen LogP contribution in [0.25, 0.3) is 10.9 Å². The quantitative estimate of drug-likeness (QED) is 0.511. The van der Waals surface area contributed by atoms with Crippen LogP contribution in [0.2, 0.25) is 0 Å². The van der Waals surface area contributed by atoms with Gasteiger partial charge < -0.3 is 14.8 Å². The summed E-state index contributed by atoms with van der Waals surface area (Å²) in [5.41, 5.74) is 4.33. The summed E-state index contributed by atoms with van der Waals surface area (Å²) in [6.45, 7) is 0. The van der Waals surface area contributed by atoms with Gasteiger partial charge in [-0.15, -0.1) is 0 Å². The molecule has 0 aliphatic rings. The number of nitrogens with zero attached hydrogens (tertiary/aromatic N) is 1. The van der Waals surface area contributed by atoms with Crippen molar-refractivity contribution in [3.63, 3.8) is 0 Å². The average molecular weight is 309 g/mol. The minimum absolute atomic E-state index is 0.0861. The molecule has 3 N–H and O–H groups in total. The summed E-state index contributed by atoms with van der Waals surface area (Å²) in [5, 5.41) is 14.5. The van der Waals surface area contributed by atoms with Gasteiger partial charge >= 0.3 is 0 Å². The number of carbonyl (C=O) groups excluding carboxylic acids is 1. The van der Waals surface area contributed by atoms with E-state index in [1.807, 2.05) is 18.2 Å². The van der Waals surface area contributed by atoms with Crippen LogP contribution in [0.4, 0.5) is 0 Å². The van der Waals surface area contributed by atoms with Crippen LogP contribution in [0.5, 0.6) is 11.5 Å². The lowest BCUT2D eigenvalue weighted by Crippen LogP contribution is -2.17. The van der Waals surface area contributed by atoms with E-state index in [-0.39, 0.29) is 11.3 Å². The fraction of sp³-hybridized carbons (Fsp3) is 0.0588. The number of nitrogens with one attached hydrogen (secondary N) is 2. The molecule has 1 amide bonds. The first kappa shape index (κ1) is 14.6. The van der Waals surface area contributed by atoms with Crippen molar-refractivity contribution in [2.45, 2.75) is 0 Å². The molecule has 116 valence electrons. The molecule has 2 aromatic carbocycles. The number of carbonyl (C=O) groups is 1. The molecule has 0 fully saturated rings. The zero-order valence-corrected chi connectivity index (χ0v) is 12.4. The highest BCUT2D eigenvalue weighted by Crippen LogP contribution is 2.22. The van der Waals surface area contributed by atoms with Gasteiger partial charge in [0.25, 0.3) is 5.91 Å². The Morgan fingerprint density at radius 1 is 1.30 bits per heavy atom. The number of fused-ring (bicyclic) bond motifs is 1. The van der Waals surface area contributed by atoms with E-state index in [1.165, 1.54) is 18.3 Å². The molecular formula is C17H15N3O3. The van der Waals surface area contributed by atoms with Crippen molar-refractivity contribution in [3.05, 3.63) is 59.8 Å². The third kappa shape index (κ3) is 3.01. The summed E-state index contributed by atoms with van der Waals surface area (Å²) in [4.78, 5) is 15.1. The molecule has 1 heterocycles. The average Bonchev–Trinajstić information content (AvgIpc) is 2.97. The monoisotopic (exact) mass is 309 g/mol. The fourth-order valence-corrected chi connectivity index (χ4v) is 2.24. The van der Waals surface area contributed by atoms with Gasteiger partial charge in [-0.2, -0.15) is 5.10 Å². The van der Waals surface area contributed by atoms with Gasteiger partial charge in [0.2, 0.25) is 0 Å². The number of hydrogen-bond acceptors (Lipinski definition) is 4. The van der Waals surface area contributed by atoms with Crippen molar-refractivity contribution in [3.8, 4) is 11.5 Å². The zero-order valence-electron chi connectivity index (χ0n) is 12.4. The number of aromatic hydroxyl groups is 1. The van der Waals surface area contributed by atoms with Gasteiger partial charge in [-0.1, -0.05) is 12.1 Å². The number of rotatable bonds is 4. The maximum atomic E-state index is 11.9. The Labute approximate surface area is 132 Å². The number of phenols is 1. The Bertz CT molecular complexity index is 884. The maximum Gasteiger partial charge on any atom is 0.275 e. The maximum absolute atomic E-state index is 11.9. The molecule has 3 aromatic rings. The second-order valence-corrected chi connectivity index (χ2v) is 4.87. The lowest BCUT2D eigenvalue weighted by molar-refractivity contribution is 0.0952. The second kappa shape index (κ2) is 6.23. The van der Waals surface area contributed by atoms with Crippen LogP contribution >= 0.6 is 0 Å². The number of para-hydroxylation sites is 1. The Balaban J connectivity index is 1.78. The van der Waals surface area contributed by atoms with E-state index in [0.29, 0.717) is 0 Å². The number of ether oxygens (including phenoxy) is 1. The predicted molar refractivity (Wildman–Crippen MR) is 88.0 cm³/mol. The Hall–Kier alpha value is -3.28. The highest BCUT2D eigenvalue weighted by molar-refractivity contribution is 6.01. The molecule has 6 nitrogen and oxygen atoms in total. The number of hydrazone groups is 1. The molecule has 0 aliphatic carbocycles. The van der Waals surface area contributed by atoms with Crippen LogP contribution in [0, 0.1) is 0 Å². The Morgan fingerprint density at radius 2 is 2.13 bits per heavy atom. The standard InChI is InChI=1S/C17H15N3O3/c1-23-12-6-7-15-14(8-12)11(9-18-15)10-19-20-17(22)13-4-2-3-5-16(13)21/h2-10,18,21H,1H3,(H,20,22)/b19-10-. The lowest BCUT2D eigenvalue weighted by atomic mass is 10.2. The topological polar surface area (TPSA) is 86.7 Å². The molecule has 0 radical (unpaired) electrons. The van der Waals surface area contributed by atoms with E-state index in [4.69, 9.17) is 4.74 Å². The fourth-order valence-electron chi connectivity index (χ4n) is 2.24. The van der Waals surface area contributed by atoms with E-state index in [9.17, 15) is 9.90 Å². The number of benzene rings is 2. The van der Waals surface area contributed by atoms with Gasteiger partial charge in [-0.25, -0.2) is 5.43 Å². The van der Waals surface area contributed by atoms with Crippen molar-refractivity contribution in [2.75, 3.05) is 7.11 Å². The summed E-state index contributed by atoms with van der Waals surface area (Å²) < 4.78 is 5.20. The van der Waals surface area contributed by atoms with E-state index < -0.39 is 5.91 Å². The first-order chi connectivity index (χ1) is 11.2. The SMILES string of the molecule is COc1ccc2[nH]cc(/C=N\NC(=O)c3ccccc3O)c2c1. The van der Waals surface area contributed by atoms with E-state index in [2.05, 4.69) is 15.5 Å². The molecule has 0 bridgehead atoms. The molecular weight excluding hydrogens is 294 g/mol. The first-order valence-corrected chi connectivity index (χ1v) is 6.95. The van der Waals surface area contributed by atoms with Crippen molar-refractivity contribution in [1.82, 2.24) is 10.4 Å². The number of aromatic nitrogens is 1. The van der Waals surface area contributed by atoms with Gasteiger partial charge in [-0.05, 0) is 30.3 Å². The summed E-state index contributed by atoms with van der Waals surface area (Å²) in [5.74, 6) is 0.179. The van der Waals surface area contributed by atoms with Gasteiger partial charge in [-0.3, -0.25) is 4.79 Å². The molecule has 6 heteroatoms. The molecule has 23 heavy (non-hydrogen) atoms. The smallest absolute Gasteiger partial charge is 0.275 e. The van der Waals surface area contributed by atoms with Crippen LogP contribution in [-0.4, -0.2) is 29.3 Å². The number of methoxy groups -OCH3 is 1. The normalized spacial score (nSPS) is 11.0. The van der Waals surface area contributed by atoms with Crippen LogP contribution in [0.3, 0.4) is 0 Å². The molecule has 1 aromatic heterocycles. The number of H-pyrrole nitrogens is 1. The van der Waals surface area contributed by atoms with E-state index in [0.717, 1.165) is 22.2 Å². The van der Waals surface area contributed by atoms with Crippen LogP contribution in [0.15, 0.2) is 53.8 Å². The highest BCUT2D eigenvalue weighted by atomic mass is 16.5. The van der Waals surface area contributed by atoms with E-state index >= 15 is 0 Å². The summed E-state index contributed by atoms with van der Waals surface area (Å²) in [6.07, 6.45) is 3.33. The number of amides is 1. The molecule has 0 atom stereocenters. The van der Waals surface area contributed by atoms with Gasteiger partial charge in [0.05, 0.1) is 18.9 Å². The largest absolute Gasteiger partial charge is 0.507 e. The number of hydrogen-bond donors (Lipinski definition) is 3. The number of phenolic OH excluding ortho intramolecular Hbond substituents is 1. The third-order valence-corrected chi connectivity index (χ3v) is 3.44. The van der Waals surface area contributed by atoms with Crippen LogP contribution in [0.1, 0.15) is 15.9 Å². The zero-order chi connectivity index (χ0) is 16.2. The molecule has 0 aliphatic heterocycles. The molecule has 0 saturated heterocycles. The first-order valence-electron chi connectivity index (χ1n) is 6.95. The molecule has 0 spiro atoms. The van der Waals surface area contributed by atoms with Gasteiger partial charge in [0, 0.05) is 22.7 Å². The molecule has 0 saturated carbocycles. The van der Waals surface area contributed by atoms with E-state index in [1.54, 1.807) is 25.4 Å². The number of aromatic amines is 1. The Kier molecular flexibility index (Phi) is 3.97. The van der Waals surface area contributed by atoms with Crippen LogP contribution < -0.4 is 10.2 Å². The van der Waals surface area contributed by atoms with Crippen molar-refractivity contribution < 1.29 is 14.6 Å². The van der Waals surface area contributed by atoms with Gasteiger partial charge in [0.15, 0.2) is 0 Å². The highest BCUT2D eigenvalue weighted by Gasteiger charge is 2.09. The van der Waals surface area contributed by atoms with Crippen molar-refractivity contribution >= 4 is 23.0 Å². The van der Waals surface area contributed by atoms with Crippen molar-refractivity contribution in [1.29, 1.82) is 0 Å². The lowest BCUT2D eigenvalue weighted by Gasteiger charge is -2.02. The molecule has 0 unspecified atom stereocenters. The molecule has 3 rings (SSSR count). The third-order valence-electron chi connectivity index (χ3n) is 3.44. The summed E-state index contributed by atoms with van der Waals surface area (Å²) in [6, 6.07) is 11.9. The van der Waals surface area contributed by atoms with Crippen molar-refractivity contribution in [2.24, 2.45) is 5.10 Å². The Morgan fingerprint density at radius 3 is 2.91 bits per heavy atom. The second-order valence-electron chi connectivity index (χ2n) is 4.87. The minimum atomic E-state index is -0.475.